The zero-order valence-corrected chi connectivity index (χ0v) is 19.4. The van der Waals surface area contributed by atoms with E-state index >= 15 is 0 Å². The number of amides is 2. The van der Waals surface area contributed by atoms with E-state index in [9.17, 15) is 9.59 Å². The Kier molecular flexibility index (Phi) is 8.44. The first kappa shape index (κ1) is 23.6. The van der Waals surface area contributed by atoms with Crippen molar-refractivity contribution in [2.24, 2.45) is 0 Å². The SMILES string of the molecule is C[C@H](C(=O)NC(C)(C)C)N(Cc1ccccc1Cl)C(=O)CSc1ccc(Cl)cc1. The Bertz CT molecular complexity index is 851. The Morgan fingerprint density at radius 3 is 2.28 bits per heavy atom. The van der Waals surface area contributed by atoms with E-state index in [0.717, 1.165) is 10.5 Å². The molecule has 2 rings (SSSR count). The molecule has 0 heterocycles. The van der Waals surface area contributed by atoms with Crippen molar-refractivity contribution in [2.75, 3.05) is 5.75 Å². The molecule has 0 spiro atoms. The second kappa shape index (κ2) is 10.4. The maximum Gasteiger partial charge on any atom is 0.242 e. The Labute approximate surface area is 187 Å². The normalized spacial score (nSPS) is 12.3. The number of nitrogens with one attached hydrogen (secondary N) is 1. The van der Waals surface area contributed by atoms with E-state index in [0.29, 0.717) is 10.0 Å². The summed E-state index contributed by atoms with van der Waals surface area (Å²) in [5.74, 6) is -0.130. The lowest BCUT2D eigenvalue weighted by Crippen LogP contribution is -2.52. The number of hydrogen-bond donors (Lipinski definition) is 1. The number of halogens is 2. The lowest BCUT2D eigenvalue weighted by molar-refractivity contribution is -0.139. The highest BCUT2D eigenvalue weighted by Crippen LogP contribution is 2.23. The summed E-state index contributed by atoms with van der Waals surface area (Å²) >= 11 is 13.6. The molecule has 1 N–H and O–H groups in total. The topological polar surface area (TPSA) is 49.4 Å². The molecular formula is C22H26Cl2N2O2S. The zero-order valence-electron chi connectivity index (χ0n) is 17.0. The summed E-state index contributed by atoms with van der Waals surface area (Å²) in [7, 11) is 0. The summed E-state index contributed by atoms with van der Waals surface area (Å²) in [6.45, 7) is 7.73. The van der Waals surface area contributed by atoms with Crippen LogP contribution in [0.15, 0.2) is 53.4 Å². The molecule has 0 aromatic heterocycles. The van der Waals surface area contributed by atoms with Gasteiger partial charge in [0, 0.05) is 27.0 Å². The first-order valence-electron chi connectivity index (χ1n) is 9.30. The third-order valence-electron chi connectivity index (χ3n) is 4.14. The molecule has 0 bridgehead atoms. The predicted octanol–water partition coefficient (Wildman–Crippen LogP) is 5.42. The standard InChI is InChI=1S/C22H26Cl2N2O2S/c1-15(21(28)25-22(2,3)4)26(13-16-7-5-6-8-19(16)24)20(27)14-29-18-11-9-17(23)10-12-18/h5-12,15H,13-14H2,1-4H3,(H,25,28)/t15-/m1/s1. The second-order valence-corrected chi connectivity index (χ2v) is 9.66. The first-order valence-corrected chi connectivity index (χ1v) is 11.0. The number of thioether (sulfide) groups is 1. The summed E-state index contributed by atoms with van der Waals surface area (Å²) in [6.07, 6.45) is 0. The third-order valence-corrected chi connectivity index (χ3v) is 5.76. The van der Waals surface area contributed by atoms with Crippen LogP contribution in [0.4, 0.5) is 0 Å². The molecule has 4 nitrogen and oxygen atoms in total. The van der Waals surface area contributed by atoms with Gasteiger partial charge in [-0.3, -0.25) is 9.59 Å². The molecule has 1 atom stereocenters. The molecule has 0 radical (unpaired) electrons. The minimum atomic E-state index is -0.635. The number of carbonyl (C=O) groups is 2. The fourth-order valence-corrected chi connectivity index (χ4v) is 3.73. The molecule has 0 aliphatic carbocycles. The number of carbonyl (C=O) groups excluding carboxylic acids is 2. The van der Waals surface area contributed by atoms with Gasteiger partial charge in [0.1, 0.15) is 6.04 Å². The quantitative estimate of drug-likeness (QED) is 0.570. The summed E-state index contributed by atoms with van der Waals surface area (Å²) in [6, 6.07) is 14.0. The van der Waals surface area contributed by atoms with Gasteiger partial charge in [0.2, 0.25) is 11.8 Å². The van der Waals surface area contributed by atoms with Gasteiger partial charge in [-0.2, -0.15) is 0 Å². The molecule has 2 aromatic carbocycles. The van der Waals surface area contributed by atoms with Crippen molar-refractivity contribution in [3.63, 3.8) is 0 Å². The Morgan fingerprint density at radius 1 is 1.07 bits per heavy atom. The van der Waals surface area contributed by atoms with Crippen LogP contribution in [0.3, 0.4) is 0 Å². The van der Waals surface area contributed by atoms with Crippen molar-refractivity contribution < 1.29 is 9.59 Å². The van der Waals surface area contributed by atoms with E-state index < -0.39 is 6.04 Å². The van der Waals surface area contributed by atoms with Crippen LogP contribution in [0, 0.1) is 0 Å². The smallest absolute Gasteiger partial charge is 0.242 e. The largest absolute Gasteiger partial charge is 0.350 e. The summed E-state index contributed by atoms with van der Waals surface area (Å²) in [4.78, 5) is 28.3. The summed E-state index contributed by atoms with van der Waals surface area (Å²) in [5, 5.41) is 4.16. The van der Waals surface area contributed by atoms with Crippen LogP contribution in [-0.2, 0) is 16.1 Å². The van der Waals surface area contributed by atoms with Crippen molar-refractivity contribution in [1.82, 2.24) is 10.2 Å². The van der Waals surface area contributed by atoms with E-state index in [1.807, 2.05) is 51.1 Å². The second-order valence-electron chi connectivity index (χ2n) is 7.77. The van der Waals surface area contributed by atoms with Crippen LogP contribution in [0.5, 0.6) is 0 Å². The highest BCUT2D eigenvalue weighted by atomic mass is 35.5. The lowest BCUT2D eigenvalue weighted by Gasteiger charge is -2.31. The molecule has 7 heteroatoms. The van der Waals surface area contributed by atoms with Crippen molar-refractivity contribution in [2.45, 2.75) is 50.7 Å². The average molecular weight is 453 g/mol. The molecule has 0 fully saturated rings. The molecular weight excluding hydrogens is 427 g/mol. The average Bonchev–Trinajstić information content (AvgIpc) is 2.65. The molecule has 156 valence electrons. The number of rotatable bonds is 7. The van der Waals surface area contributed by atoms with Gasteiger partial charge in [-0.15, -0.1) is 11.8 Å². The maximum atomic E-state index is 13.1. The van der Waals surface area contributed by atoms with Gasteiger partial charge in [0.25, 0.3) is 0 Å². The number of hydrogen-bond acceptors (Lipinski definition) is 3. The minimum absolute atomic E-state index is 0.138. The zero-order chi connectivity index (χ0) is 21.6. The van der Waals surface area contributed by atoms with Gasteiger partial charge in [-0.1, -0.05) is 41.4 Å². The van der Waals surface area contributed by atoms with E-state index in [1.54, 1.807) is 30.0 Å². The summed E-state index contributed by atoms with van der Waals surface area (Å²) in [5.41, 5.74) is 0.414. The van der Waals surface area contributed by atoms with Crippen molar-refractivity contribution in [1.29, 1.82) is 0 Å². The van der Waals surface area contributed by atoms with Crippen LogP contribution >= 0.6 is 35.0 Å². The fraction of sp³-hybridized carbons (Fsp3) is 0.364. The number of benzene rings is 2. The van der Waals surface area contributed by atoms with Gasteiger partial charge < -0.3 is 10.2 Å². The maximum absolute atomic E-state index is 13.1. The van der Waals surface area contributed by atoms with Gasteiger partial charge in [-0.05, 0) is 63.6 Å². The van der Waals surface area contributed by atoms with Crippen LogP contribution in [0.2, 0.25) is 10.0 Å². The highest BCUT2D eigenvalue weighted by Gasteiger charge is 2.28. The van der Waals surface area contributed by atoms with Crippen LogP contribution in [-0.4, -0.2) is 34.0 Å². The highest BCUT2D eigenvalue weighted by molar-refractivity contribution is 8.00. The first-order chi connectivity index (χ1) is 13.6. The molecule has 0 unspecified atom stereocenters. The Balaban J connectivity index is 2.18. The molecule has 2 amide bonds. The predicted molar refractivity (Wildman–Crippen MR) is 122 cm³/mol. The lowest BCUT2D eigenvalue weighted by atomic mass is 10.1. The Morgan fingerprint density at radius 2 is 1.69 bits per heavy atom. The van der Waals surface area contributed by atoms with E-state index in [2.05, 4.69) is 5.32 Å². The van der Waals surface area contributed by atoms with Gasteiger partial charge in [-0.25, -0.2) is 0 Å². The van der Waals surface area contributed by atoms with Crippen LogP contribution in [0.1, 0.15) is 33.3 Å². The number of nitrogens with zero attached hydrogens (tertiary/aromatic N) is 1. The van der Waals surface area contributed by atoms with Crippen LogP contribution < -0.4 is 5.32 Å². The molecule has 29 heavy (non-hydrogen) atoms. The molecule has 0 saturated carbocycles. The molecule has 0 aliphatic rings. The van der Waals surface area contributed by atoms with Crippen LogP contribution in [0.25, 0.3) is 0 Å². The molecule has 0 saturated heterocycles. The molecule has 0 aliphatic heterocycles. The van der Waals surface area contributed by atoms with Gasteiger partial charge in [0.15, 0.2) is 0 Å². The van der Waals surface area contributed by atoms with E-state index in [4.69, 9.17) is 23.2 Å². The van der Waals surface area contributed by atoms with Gasteiger partial charge in [0.05, 0.1) is 5.75 Å². The Hall–Kier alpha value is -1.69. The minimum Gasteiger partial charge on any atom is -0.350 e. The third kappa shape index (κ3) is 7.57. The fourth-order valence-electron chi connectivity index (χ4n) is 2.63. The monoisotopic (exact) mass is 452 g/mol. The van der Waals surface area contributed by atoms with E-state index in [-0.39, 0.29) is 29.7 Å². The van der Waals surface area contributed by atoms with Crippen molar-refractivity contribution in [3.05, 3.63) is 64.1 Å². The summed E-state index contributed by atoms with van der Waals surface area (Å²) < 4.78 is 0. The van der Waals surface area contributed by atoms with Gasteiger partial charge >= 0.3 is 0 Å². The van der Waals surface area contributed by atoms with E-state index in [1.165, 1.54) is 11.8 Å². The van der Waals surface area contributed by atoms with Crippen molar-refractivity contribution >= 4 is 46.8 Å². The van der Waals surface area contributed by atoms with Crippen molar-refractivity contribution in [3.8, 4) is 0 Å². The molecule has 2 aromatic rings.